The molecule has 1 aliphatic rings. The predicted molar refractivity (Wildman–Crippen MR) is 99.0 cm³/mol. The number of aromatic nitrogens is 1. The summed E-state index contributed by atoms with van der Waals surface area (Å²) >= 11 is 3.43. The number of hydrogen-bond acceptors (Lipinski definition) is 5. The second-order valence-electron chi connectivity index (χ2n) is 5.76. The highest BCUT2D eigenvalue weighted by atomic mass is 79.9. The van der Waals surface area contributed by atoms with Crippen molar-refractivity contribution in [3.63, 3.8) is 0 Å². The van der Waals surface area contributed by atoms with Gasteiger partial charge in [-0.3, -0.25) is 9.00 Å². The van der Waals surface area contributed by atoms with Gasteiger partial charge in [-0.25, -0.2) is 4.79 Å². The highest BCUT2D eigenvalue weighted by molar-refractivity contribution is 9.10. The third-order valence-electron chi connectivity index (χ3n) is 4.10. The standard InChI is InChI=1S/C17H18BrNO5S/c1-4-24-17(21)12-14(20)10-7-8-11(18)15(23-2)13(10)19(9-5-6-9)16(12)25(3)22/h7-9H,4-6H2,1-3H3/t25-/m1/s1. The lowest BCUT2D eigenvalue weighted by Crippen LogP contribution is -2.26. The Bertz CT molecular complexity index is 948. The van der Waals surface area contributed by atoms with Gasteiger partial charge in [-0.05, 0) is 47.8 Å². The van der Waals surface area contributed by atoms with Gasteiger partial charge in [0, 0.05) is 12.3 Å². The van der Waals surface area contributed by atoms with Crippen molar-refractivity contribution in [1.82, 2.24) is 4.57 Å². The van der Waals surface area contributed by atoms with E-state index in [0.29, 0.717) is 21.1 Å². The molecule has 0 bridgehead atoms. The Labute approximate surface area is 155 Å². The van der Waals surface area contributed by atoms with Crippen molar-refractivity contribution in [1.29, 1.82) is 0 Å². The van der Waals surface area contributed by atoms with Gasteiger partial charge in [-0.15, -0.1) is 0 Å². The summed E-state index contributed by atoms with van der Waals surface area (Å²) in [5.41, 5.74) is -0.0737. The van der Waals surface area contributed by atoms with Crippen molar-refractivity contribution in [3.8, 4) is 5.75 Å². The van der Waals surface area contributed by atoms with E-state index < -0.39 is 22.2 Å². The topological polar surface area (TPSA) is 74.6 Å². The van der Waals surface area contributed by atoms with E-state index in [1.807, 2.05) is 4.57 Å². The molecular weight excluding hydrogens is 410 g/mol. The van der Waals surface area contributed by atoms with Gasteiger partial charge in [0.15, 0.2) is 5.75 Å². The molecule has 0 N–H and O–H groups in total. The second-order valence-corrected chi connectivity index (χ2v) is 7.91. The Morgan fingerprint density at radius 2 is 2.08 bits per heavy atom. The molecule has 134 valence electrons. The minimum absolute atomic E-state index is 0.0818. The number of methoxy groups -OCH3 is 1. The minimum Gasteiger partial charge on any atom is -0.493 e. The molecule has 0 radical (unpaired) electrons. The van der Waals surface area contributed by atoms with Crippen LogP contribution in [0.2, 0.25) is 0 Å². The number of nitrogens with zero attached hydrogens (tertiary/aromatic N) is 1. The summed E-state index contributed by atoms with van der Waals surface area (Å²) in [5, 5.41) is 0.555. The maximum absolute atomic E-state index is 13.0. The molecule has 1 heterocycles. The third-order valence-corrected chi connectivity index (χ3v) is 5.67. The van der Waals surface area contributed by atoms with Gasteiger partial charge in [0.25, 0.3) is 0 Å². The van der Waals surface area contributed by atoms with Crippen LogP contribution in [0.5, 0.6) is 5.75 Å². The van der Waals surface area contributed by atoms with Crippen LogP contribution in [-0.2, 0) is 15.5 Å². The van der Waals surface area contributed by atoms with Crippen LogP contribution < -0.4 is 10.2 Å². The summed E-state index contributed by atoms with van der Waals surface area (Å²) < 4.78 is 25.6. The summed E-state index contributed by atoms with van der Waals surface area (Å²) in [6.45, 7) is 1.81. The normalized spacial score (nSPS) is 15.2. The second kappa shape index (κ2) is 6.92. The summed E-state index contributed by atoms with van der Waals surface area (Å²) in [6, 6.07) is 3.43. The molecule has 1 aromatic carbocycles. The molecule has 0 saturated heterocycles. The number of fused-ring (bicyclic) bond motifs is 1. The number of rotatable bonds is 5. The number of halogens is 1. The van der Waals surface area contributed by atoms with Crippen LogP contribution >= 0.6 is 15.9 Å². The first-order valence-corrected chi connectivity index (χ1v) is 10.2. The fourth-order valence-corrected chi connectivity index (χ4v) is 4.43. The highest BCUT2D eigenvalue weighted by Crippen LogP contribution is 2.43. The molecule has 1 atom stereocenters. The zero-order valence-corrected chi connectivity index (χ0v) is 16.5. The van der Waals surface area contributed by atoms with Gasteiger partial charge < -0.3 is 14.0 Å². The van der Waals surface area contributed by atoms with Crippen LogP contribution in [0.15, 0.2) is 26.4 Å². The molecular formula is C17H18BrNO5S. The highest BCUT2D eigenvalue weighted by Gasteiger charge is 2.34. The molecule has 6 nitrogen and oxygen atoms in total. The SMILES string of the molecule is CCOC(=O)c1c([S@@](C)=O)n(C2CC2)c2c(OC)c(Br)ccc2c1=O. The van der Waals surface area contributed by atoms with Crippen LogP contribution in [0, 0.1) is 0 Å². The molecule has 0 spiro atoms. The minimum atomic E-state index is -1.55. The lowest BCUT2D eigenvalue weighted by molar-refractivity contribution is 0.0518. The van der Waals surface area contributed by atoms with Gasteiger partial charge in [0.2, 0.25) is 5.43 Å². The van der Waals surface area contributed by atoms with Gasteiger partial charge in [0.05, 0.1) is 39.9 Å². The van der Waals surface area contributed by atoms with E-state index in [1.165, 1.54) is 13.4 Å². The summed E-state index contributed by atoms with van der Waals surface area (Å²) in [7, 11) is -0.0318. The van der Waals surface area contributed by atoms with Crippen molar-refractivity contribution in [2.75, 3.05) is 20.0 Å². The molecule has 0 aliphatic heterocycles. The van der Waals surface area contributed by atoms with Gasteiger partial charge in [0.1, 0.15) is 10.6 Å². The monoisotopic (exact) mass is 427 g/mol. The first kappa shape index (κ1) is 18.1. The van der Waals surface area contributed by atoms with Crippen molar-refractivity contribution in [2.24, 2.45) is 0 Å². The van der Waals surface area contributed by atoms with E-state index in [4.69, 9.17) is 9.47 Å². The molecule has 8 heteroatoms. The lowest BCUT2D eigenvalue weighted by atomic mass is 10.1. The molecule has 25 heavy (non-hydrogen) atoms. The first-order chi connectivity index (χ1) is 11.9. The fourth-order valence-electron chi connectivity index (χ4n) is 2.96. The molecule has 1 aliphatic carbocycles. The zero-order valence-electron chi connectivity index (χ0n) is 14.1. The number of ether oxygens (including phenoxy) is 2. The van der Waals surface area contributed by atoms with E-state index in [-0.39, 0.29) is 23.2 Å². The molecule has 2 aromatic rings. The number of hydrogen-bond donors (Lipinski definition) is 0. The van der Waals surface area contributed by atoms with Gasteiger partial charge in [-0.2, -0.15) is 0 Å². The fraction of sp³-hybridized carbons (Fsp3) is 0.412. The Morgan fingerprint density at radius 1 is 1.40 bits per heavy atom. The summed E-state index contributed by atoms with van der Waals surface area (Å²) in [4.78, 5) is 25.5. The van der Waals surface area contributed by atoms with Crippen LogP contribution in [0.4, 0.5) is 0 Å². The average Bonchev–Trinajstić information content (AvgIpc) is 3.39. The van der Waals surface area contributed by atoms with Crippen LogP contribution in [-0.4, -0.2) is 34.7 Å². The Morgan fingerprint density at radius 3 is 2.60 bits per heavy atom. The number of carbonyl (C=O) groups is 1. The van der Waals surface area contributed by atoms with E-state index >= 15 is 0 Å². The molecule has 0 unspecified atom stereocenters. The third kappa shape index (κ3) is 3.01. The van der Waals surface area contributed by atoms with E-state index in [1.54, 1.807) is 19.1 Å². The van der Waals surface area contributed by atoms with E-state index in [0.717, 1.165) is 12.8 Å². The van der Waals surface area contributed by atoms with Crippen molar-refractivity contribution in [2.45, 2.75) is 30.8 Å². The summed E-state index contributed by atoms with van der Waals surface area (Å²) in [5.74, 6) is -0.250. The lowest BCUT2D eigenvalue weighted by Gasteiger charge is -2.20. The van der Waals surface area contributed by atoms with Crippen molar-refractivity contribution >= 4 is 43.6 Å². The quantitative estimate of drug-likeness (QED) is 0.685. The van der Waals surface area contributed by atoms with Gasteiger partial charge >= 0.3 is 5.97 Å². The Hall–Kier alpha value is -1.67. The van der Waals surface area contributed by atoms with Crippen molar-refractivity contribution < 1.29 is 18.5 Å². The first-order valence-electron chi connectivity index (χ1n) is 7.87. The van der Waals surface area contributed by atoms with Crippen LogP contribution in [0.1, 0.15) is 36.2 Å². The van der Waals surface area contributed by atoms with Crippen LogP contribution in [0.3, 0.4) is 0 Å². The zero-order chi connectivity index (χ0) is 18.3. The van der Waals surface area contributed by atoms with Crippen LogP contribution in [0.25, 0.3) is 10.9 Å². The van der Waals surface area contributed by atoms with E-state index in [2.05, 4.69) is 15.9 Å². The molecule has 1 saturated carbocycles. The Balaban J connectivity index is 2.54. The van der Waals surface area contributed by atoms with E-state index in [9.17, 15) is 13.8 Å². The van der Waals surface area contributed by atoms with Crippen molar-refractivity contribution in [3.05, 3.63) is 32.4 Å². The summed E-state index contributed by atoms with van der Waals surface area (Å²) in [6.07, 6.45) is 3.24. The average molecular weight is 428 g/mol. The molecule has 0 amide bonds. The maximum Gasteiger partial charge on any atom is 0.344 e. The molecule has 3 rings (SSSR count). The maximum atomic E-state index is 13.0. The predicted octanol–water partition coefficient (Wildman–Crippen LogP) is 3.02. The number of benzene rings is 1. The molecule has 1 fully saturated rings. The number of esters is 1. The van der Waals surface area contributed by atoms with Gasteiger partial charge in [-0.1, -0.05) is 0 Å². The smallest absolute Gasteiger partial charge is 0.344 e. The Kier molecular flexibility index (Phi) is 5.02. The largest absolute Gasteiger partial charge is 0.493 e. The number of pyridine rings is 1. The molecule has 1 aromatic heterocycles. The number of carbonyl (C=O) groups excluding carboxylic acids is 1.